The van der Waals surface area contributed by atoms with Gasteiger partial charge in [-0.2, -0.15) is 0 Å². The summed E-state index contributed by atoms with van der Waals surface area (Å²) in [5, 5.41) is 0. The Kier molecular flexibility index (Phi) is 6.85. The predicted molar refractivity (Wildman–Crippen MR) is 36.6 cm³/mol. The van der Waals surface area contributed by atoms with E-state index in [-0.39, 0.29) is 0 Å². The van der Waals surface area contributed by atoms with E-state index in [2.05, 4.69) is 24.7 Å². The molecule has 2 heteroatoms. The summed E-state index contributed by atoms with van der Waals surface area (Å²) in [6.07, 6.45) is 2.38. The highest BCUT2D eigenvalue weighted by Gasteiger charge is 1.78. The molecule has 0 aromatic rings. The average molecular weight is 116 g/mol. The van der Waals surface area contributed by atoms with Crippen LogP contribution in [0.1, 0.15) is 26.7 Å². The van der Waals surface area contributed by atoms with Gasteiger partial charge in [0.2, 0.25) is 0 Å². The first-order valence-electron chi connectivity index (χ1n) is 3.37. The van der Waals surface area contributed by atoms with Gasteiger partial charge < -0.3 is 0 Å². The van der Waals surface area contributed by atoms with Crippen LogP contribution in [0.15, 0.2) is 0 Å². The van der Waals surface area contributed by atoms with Crippen LogP contribution in [0, 0.1) is 0 Å². The fraction of sp³-hybridized carbons (Fsp3) is 1.00. The summed E-state index contributed by atoms with van der Waals surface area (Å²) >= 11 is 0. The van der Waals surface area contributed by atoms with Crippen molar-refractivity contribution < 1.29 is 0 Å². The van der Waals surface area contributed by atoms with Crippen molar-refractivity contribution in [1.29, 1.82) is 0 Å². The summed E-state index contributed by atoms with van der Waals surface area (Å²) in [4.78, 5) is 0. The molecule has 50 valence electrons. The first kappa shape index (κ1) is 7.92. The summed E-state index contributed by atoms with van der Waals surface area (Å²) in [6, 6.07) is 0. The van der Waals surface area contributed by atoms with Crippen molar-refractivity contribution in [2.24, 2.45) is 0 Å². The topological polar surface area (TPSA) is 24.1 Å². The Bertz CT molecular complexity index is 31.5. The molecule has 2 nitrogen and oxygen atoms in total. The minimum Gasteiger partial charge on any atom is -0.258 e. The lowest BCUT2D eigenvalue weighted by Gasteiger charge is -2.01. The van der Waals surface area contributed by atoms with Crippen LogP contribution in [-0.2, 0) is 0 Å². The lowest BCUT2D eigenvalue weighted by molar-refractivity contribution is 0.527. The Hall–Kier alpha value is -0.0800. The number of hydrogen-bond donors (Lipinski definition) is 2. The Morgan fingerprint density at radius 3 is 1.50 bits per heavy atom. The predicted octanol–water partition coefficient (Wildman–Crippen LogP) is 0.901. The van der Waals surface area contributed by atoms with Crippen LogP contribution in [0.5, 0.6) is 0 Å². The van der Waals surface area contributed by atoms with Crippen molar-refractivity contribution >= 4 is 0 Å². The number of rotatable bonds is 5. The van der Waals surface area contributed by atoms with Gasteiger partial charge in [0, 0.05) is 13.1 Å². The van der Waals surface area contributed by atoms with E-state index >= 15 is 0 Å². The van der Waals surface area contributed by atoms with Gasteiger partial charge in [-0.3, -0.25) is 10.9 Å². The zero-order chi connectivity index (χ0) is 6.24. The summed E-state index contributed by atoms with van der Waals surface area (Å²) in [6.45, 7) is 6.45. The van der Waals surface area contributed by atoms with Crippen LogP contribution < -0.4 is 10.9 Å². The third kappa shape index (κ3) is 5.92. The molecule has 0 saturated heterocycles. The molecule has 8 heavy (non-hydrogen) atoms. The fourth-order valence-corrected chi connectivity index (χ4v) is 0.427. The smallest absolute Gasteiger partial charge is 0.00971 e. The second kappa shape index (κ2) is 6.92. The molecule has 0 aliphatic carbocycles. The van der Waals surface area contributed by atoms with E-state index < -0.39 is 0 Å². The first-order valence-corrected chi connectivity index (χ1v) is 3.37. The Morgan fingerprint density at radius 1 is 0.875 bits per heavy atom. The summed E-state index contributed by atoms with van der Waals surface area (Å²) in [5.41, 5.74) is 6.17. The Balaban J connectivity index is 2.53. The molecule has 0 saturated carbocycles. The van der Waals surface area contributed by atoms with Crippen LogP contribution in [0.3, 0.4) is 0 Å². The molecule has 0 fully saturated rings. The normalized spacial score (nSPS) is 9.75. The minimum atomic E-state index is 1.07. The van der Waals surface area contributed by atoms with Gasteiger partial charge in [-0.25, -0.2) is 0 Å². The molecular weight excluding hydrogens is 100 g/mol. The van der Waals surface area contributed by atoms with Gasteiger partial charge in [-0.1, -0.05) is 13.8 Å². The molecular formula is C6H16N2. The minimum absolute atomic E-state index is 1.07. The van der Waals surface area contributed by atoms with Crippen LogP contribution in [-0.4, -0.2) is 13.1 Å². The Labute approximate surface area is 51.6 Å². The summed E-state index contributed by atoms with van der Waals surface area (Å²) < 4.78 is 0. The number of hydrogen-bond acceptors (Lipinski definition) is 2. The van der Waals surface area contributed by atoms with E-state index in [1.54, 1.807) is 0 Å². The van der Waals surface area contributed by atoms with Gasteiger partial charge in [0.25, 0.3) is 0 Å². The molecule has 0 amide bonds. The van der Waals surface area contributed by atoms with Crippen LogP contribution >= 0.6 is 0 Å². The zero-order valence-electron chi connectivity index (χ0n) is 5.83. The van der Waals surface area contributed by atoms with Gasteiger partial charge in [-0.15, -0.1) is 0 Å². The maximum atomic E-state index is 3.09. The maximum absolute atomic E-state index is 3.09. The molecule has 0 bridgehead atoms. The fourth-order valence-electron chi connectivity index (χ4n) is 0.427. The highest BCUT2D eigenvalue weighted by atomic mass is 15.3. The van der Waals surface area contributed by atoms with E-state index in [1.165, 1.54) is 12.8 Å². The van der Waals surface area contributed by atoms with Gasteiger partial charge in [-0.05, 0) is 12.8 Å². The standard InChI is InChI=1S/C6H16N2/c1-3-5-7-8-6-4-2/h7-8H,3-6H2,1-2H3. The molecule has 0 heterocycles. The zero-order valence-corrected chi connectivity index (χ0v) is 5.83. The van der Waals surface area contributed by atoms with Crippen molar-refractivity contribution in [3.63, 3.8) is 0 Å². The average Bonchev–Trinajstić information content (AvgIpc) is 1.81. The summed E-state index contributed by atoms with van der Waals surface area (Å²) in [7, 11) is 0. The summed E-state index contributed by atoms with van der Waals surface area (Å²) in [5.74, 6) is 0. The highest BCUT2D eigenvalue weighted by Crippen LogP contribution is 1.67. The van der Waals surface area contributed by atoms with Crippen molar-refractivity contribution in [2.75, 3.05) is 13.1 Å². The SMILES string of the molecule is CCCNNCCC. The van der Waals surface area contributed by atoms with E-state index in [4.69, 9.17) is 0 Å². The van der Waals surface area contributed by atoms with E-state index in [0.717, 1.165) is 13.1 Å². The first-order chi connectivity index (χ1) is 3.91. The van der Waals surface area contributed by atoms with E-state index in [1.807, 2.05) is 0 Å². The quantitative estimate of drug-likeness (QED) is 0.412. The van der Waals surface area contributed by atoms with Crippen molar-refractivity contribution in [3.8, 4) is 0 Å². The molecule has 0 spiro atoms. The monoisotopic (exact) mass is 116 g/mol. The third-order valence-electron chi connectivity index (χ3n) is 0.875. The van der Waals surface area contributed by atoms with Gasteiger partial charge in [0.05, 0.1) is 0 Å². The van der Waals surface area contributed by atoms with Crippen molar-refractivity contribution in [2.45, 2.75) is 26.7 Å². The molecule has 2 N–H and O–H groups in total. The molecule has 0 rings (SSSR count). The Morgan fingerprint density at radius 2 is 1.25 bits per heavy atom. The van der Waals surface area contributed by atoms with Gasteiger partial charge in [0.1, 0.15) is 0 Å². The van der Waals surface area contributed by atoms with Crippen LogP contribution in [0.25, 0.3) is 0 Å². The van der Waals surface area contributed by atoms with E-state index in [9.17, 15) is 0 Å². The maximum Gasteiger partial charge on any atom is 0.00971 e. The molecule has 0 aromatic carbocycles. The molecule has 0 unspecified atom stereocenters. The highest BCUT2D eigenvalue weighted by molar-refractivity contribution is 4.36. The van der Waals surface area contributed by atoms with Crippen molar-refractivity contribution in [3.05, 3.63) is 0 Å². The third-order valence-corrected chi connectivity index (χ3v) is 0.875. The number of hydrazine groups is 1. The van der Waals surface area contributed by atoms with Crippen LogP contribution in [0.2, 0.25) is 0 Å². The lowest BCUT2D eigenvalue weighted by Crippen LogP contribution is -2.32. The molecule has 0 aromatic heterocycles. The van der Waals surface area contributed by atoms with E-state index in [0.29, 0.717) is 0 Å². The number of nitrogens with one attached hydrogen (secondary N) is 2. The van der Waals surface area contributed by atoms with Gasteiger partial charge in [0.15, 0.2) is 0 Å². The largest absolute Gasteiger partial charge is 0.258 e. The van der Waals surface area contributed by atoms with Crippen LogP contribution in [0.4, 0.5) is 0 Å². The van der Waals surface area contributed by atoms with Crippen molar-refractivity contribution in [1.82, 2.24) is 10.9 Å². The molecule has 0 radical (unpaired) electrons. The molecule has 0 atom stereocenters. The second-order valence-electron chi connectivity index (χ2n) is 1.85. The molecule has 0 aliphatic heterocycles. The second-order valence-corrected chi connectivity index (χ2v) is 1.85. The van der Waals surface area contributed by atoms with Gasteiger partial charge >= 0.3 is 0 Å². The molecule has 0 aliphatic rings. The lowest BCUT2D eigenvalue weighted by atomic mass is 10.5.